The molecule has 31 heavy (non-hydrogen) atoms. The molecule has 1 amide bonds. The normalized spacial score (nSPS) is 20.0. The second kappa shape index (κ2) is 15.1. The van der Waals surface area contributed by atoms with Crippen LogP contribution in [0.15, 0.2) is 4.99 Å². The van der Waals surface area contributed by atoms with Crippen LogP contribution in [0.2, 0.25) is 0 Å². The topological polar surface area (TPSA) is 83.0 Å². The molecule has 0 aromatic heterocycles. The van der Waals surface area contributed by atoms with Gasteiger partial charge in [-0.2, -0.15) is 0 Å². The van der Waals surface area contributed by atoms with Crippen LogP contribution in [0.5, 0.6) is 0 Å². The Morgan fingerprint density at radius 2 is 1.74 bits per heavy atom. The molecule has 1 saturated carbocycles. The minimum Gasteiger partial charge on any atom is -0.466 e. The predicted molar refractivity (Wildman–Crippen MR) is 125 cm³/mol. The van der Waals surface area contributed by atoms with E-state index in [0.717, 1.165) is 83.5 Å². The fraction of sp³-hybridized carbons (Fsp3) is 0.875. The first kappa shape index (κ1) is 25.5. The summed E-state index contributed by atoms with van der Waals surface area (Å²) in [5, 5.41) is 6.87. The average Bonchev–Trinajstić information content (AvgIpc) is 3.24. The highest BCUT2D eigenvalue weighted by Crippen LogP contribution is 2.26. The molecule has 2 fully saturated rings. The Morgan fingerprint density at radius 1 is 1.00 bits per heavy atom. The van der Waals surface area contributed by atoms with Crippen molar-refractivity contribution in [2.45, 2.75) is 96.9 Å². The van der Waals surface area contributed by atoms with E-state index in [1.807, 2.05) is 6.92 Å². The molecule has 7 heteroatoms. The van der Waals surface area contributed by atoms with Crippen molar-refractivity contribution in [3.05, 3.63) is 0 Å². The minimum atomic E-state index is -0.0839. The SMILES string of the molecule is CCNC(=NCCCCCCCC(=O)OCC)NC1CCN(C(=O)C2CCCCC2)C1. The average molecular weight is 437 g/mol. The lowest BCUT2D eigenvalue weighted by atomic mass is 9.88. The second-order valence-corrected chi connectivity index (χ2v) is 8.83. The number of amides is 1. The molecule has 1 atom stereocenters. The molecule has 1 aliphatic carbocycles. The number of ether oxygens (including phenoxy) is 1. The van der Waals surface area contributed by atoms with Crippen LogP contribution in [0, 0.1) is 5.92 Å². The molecule has 0 aromatic carbocycles. The number of hydrogen-bond acceptors (Lipinski definition) is 4. The molecular formula is C24H44N4O3. The van der Waals surface area contributed by atoms with Crippen molar-refractivity contribution in [2.24, 2.45) is 10.9 Å². The van der Waals surface area contributed by atoms with E-state index in [9.17, 15) is 9.59 Å². The lowest BCUT2D eigenvalue weighted by Gasteiger charge is -2.26. The summed E-state index contributed by atoms with van der Waals surface area (Å²) in [5.41, 5.74) is 0. The number of guanidine groups is 1. The van der Waals surface area contributed by atoms with Crippen molar-refractivity contribution in [3.8, 4) is 0 Å². The molecule has 0 aromatic rings. The lowest BCUT2D eigenvalue weighted by molar-refractivity contribution is -0.143. The van der Waals surface area contributed by atoms with Gasteiger partial charge in [-0.15, -0.1) is 0 Å². The van der Waals surface area contributed by atoms with Gasteiger partial charge >= 0.3 is 5.97 Å². The molecule has 2 N–H and O–H groups in total. The first-order valence-electron chi connectivity index (χ1n) is 12.6. The van der Waals surface area contributed by atoms with E-state index in [0.29, 0.717) is 18.9 Å². The van der Waals surface area contributed by atoms with Gasteiger partial charge in [-0.25, -0.2) is 0 Å². The third-order valence-electron chi connectivity index (χ3n) is 6.25. The lowest BCUT2D eigenvalue weighted by Crippen LogP contribution is -2.45. The second-order valence-electron chi connectivity index (χ2n) is 8.83. The Hall–Kier alpha value is -1.79. The quantitative estimate of drug-likeness (QED) is 0.211. The summed E-state index contributed by atoms with van der Waals surface area (Å²) in [4.78, 5) is 30.9. The summed E-state index contributed by atoms with van der Waals surface area (Å²) >= 11 is 0. The molecule has 1 aliphatic heterocycles. The van der Waals surface area contributed by atoms with Gasteiger partial charge in [0.15, 0.2) is 5.96 Å². The van der Waals surface area contributed by atoms with E-state index < -0.39 is 0 Å². The Labute approximate surface area is 188 Å². The molecule has 0 bridgehead atoms. The highest BCUT2D eigenvalue weighted by molar-refractivity contribution is 5.81. The van der Waals surface area contributed by atoms with E-state index in [1.54, 1.807) is 0 Å². The fourth-order valence-electron chi connectivity index (χ4n) is 4.53. The Bertz CT molecular complexity index is 561. The van der Waals surface area contributed by atoms with Crippen LogP contribution in [0.25, 0.3) is 0 Å². The van der Waals surface area contributed by atoms with E-state index in [4.69, 9.17) is 9.73 Å². The Morgan fingerprint density at radius 3 is 2.48 bits per heavy atom. The number of carbonyl (C=O) groups is 2. The minimum absolute atomic E-state index is 0.0839. The molecule has 1 saturated heterocycles. The summed E-state index contributed by atoms with van der Waals surface area (Å²) in [6.07, 6.45) is 12.6. The van der Waals surface area contributed by atoms with Crippen LogP contribution in [-0.4, -0.2) is 61.6 Å². The van der Waals surface area contributed by atoms with Crippen LogP contribution < -0.4 is 10.6 Å². The van der Waals surface area contributed by atoms with E-state index >= 15 is 0 Å². The Kier molecular flexibility index (Phi) is 12.4. The summed E-state index contributed by atoms with van der Waals surface area (Å²) in [6, 6.07) is 0.285. The number of rotatable bonds is 12. The molecule has 2 rings (SSSR count). The zero-order valence-corrected chi connectivity index (χ0v) is 19.8. The first-order chi connectivity index (χ1) is 15.1. The Balaban J connectivity index is 1.62. The van der Waals surface area contributed by atoms with Gasteiger partial charge < -0.3 is 20.3 Å². The van der Waals surface area contributed by atoms with Gasteiger partial charge in [-0.3, -0.25) is 14.6 Å². The number of hydrogen-bond donors (Lipinski definition) is 2. The zero-order chi connectivity index (χ0) is 22.3. The number of carbonyl (C=O) groups excluding carboxylic acids is 2. The zero-order valence-electron chi connectivity index (χ0n) is 19.8. The summed E-state index contributed by atoms with van der Waals surface area (Å²) in [5.74, 6) is 1.40. The van der Waals surface area contributed by atoms with Crippen LogP contribution >= 0.6 is 0 Å². The highest BCUT2D eigenvalue weighted by Gasteiger charge is 2.31. The molecule has 178 valence electrons. The molecule has 0 spiro atoms. The van der Waals surface area contributed by atoms with E-state index in [1.165, 1.54) is 19.3 Å². The standard InChI is InChI=1S/C24H44N4O3/c1-3-25-24(26-17-12-7-5-6-11-15-22(29)31-4-2)27-21-16-18-28(19-21)23(30)20-13-9-8-10-14-20/h20-21H,3-19H2,1-2H3,(H2,25,26,27). The van der Waals surface area contributed by atoms with Gasteiger partial charge in [0, 0.05) is 44.6 Å². The molecule has 1 unspecified atom stereocenters. The number of nitrogens with zero attached hydrogens (tertiary/aromatic N) is 2. The van der Waals surface area contributed by atoms with Crippen molar-refractivity contribution < 1.29 is 14.3 Å². The summed E-state index contributed by atoms with van der Waals surface area (Å²) in [7, 11) is 0. The molecule has 1 heterocycles. The fourth-order valence-corrected chi connectivity index (χ4v) is 4.53. The van der Waals surface area contributed by atoms with Crippen LogP contribution in [0.1, 0.15) is 90.9 Å². The maximum absolute atomic E-state index is 12.8. The van der Waals surface area contributed by atoms with Gasteiger partial charge in [0.25, 0.3) is 0 Å². The van der Waals surface area contributed by atoms with Crippen LogP contribution in [-0.2, 0) is 14.3 Å². The first-order valence-corrected chi connectivity index (χ1v) is 12.6. The van der Waals surface area contributed by atoms with Crippen molar-refractivity contribution in [1.82, 2.24) is 15.5 Å². The third-order valence-corrected chi connectivity index (χ3v) is 6.25. The molecule has 0 radical (unpaired) electrons. The monoisotopic (exact) mass is 436 g/mol. The largest absolute Gasteiger partial charge is 0.466 e. The maximum atomic E-state index is 12.8. The number of aliphatic imine (C=N–C) groups is 1. The molecule has 7 nitrogen and oxygen atoms in total. The summed E-state index contributed by atoms with van der Waals surface area (Å²) < 4.78 is 4.95. The van der Waals surface area contributed by atoms with Gasteiger partial charge in [0.2, 0.25) is 5.91 Å². The van der Waals surface area contributed by atoms with Crippen LogP contribution in [0.4, 0.5) is 0 Å². The number of likely N-dealkylation sites (tertiary alicyclic amines) is 1. The van der Waals surface area contributed by atoms with Crippen LogP contribution in [0.3, 0.4) is 0 Å². The van der Waals surface area contributed by atoms with Gasteiger partial charge in [-0.1, -0.05) is 38.5 Å². The maximum Gasteiger partial charge on any atom is 0.305 e. The van der Waals surface area contributed by atoms with Crippen molar-refractivity contribution in [2.75, 3.05) is 32.8 Å². The van der Waals surface area contributed by atoms with Crippen molar-refractivity contribution >= 4 is 17.8 Å². The number of nitrogens with one attached hydrogen (secondary N) is 2. The predicted octanol–water partition coefficient (Wildman–Crippen LogP) is 3.63. The van der Waals surface area contributed by atoms with Gasteiger partial charge in [0.05, 0.1) is 6.61 Å². The highest BCUT2D eigenvalue weighted by atomic mass is 16.5. The third kappa shape index (κ3) is 9.92. The number of esters is 1. The number of unbranched alkanes of at least 4 members (excludes halogenated alkanes) is 4. The van der Waals surface area contributed by atoms with E-state index in [2.05, 4.69) is 22.5 Å². The van der Waals surface area contributed by atoms with Gasteiger partial charge in [0.1, 0.15) is 0 Å². The summed E-state index contributed by atoms with van der Waals surface area (Å²) in [6.45, 7) is 7.66. The molecular weight excluding hydrogens is 392 g/mol. The van der Waals surface area contributed by atoms with Crippen molar-refractivity contribution in [3.63, 3.8) is 0 Å². The van der Waals surface area contributed by atoms with E-state index in [-0.39, 0.29) is 17.9 Å². The van der Waals surface area contributed by atoms with Gasteiger partial charge in [-0.05, 0) is 46.0 Å². The van der Waals surface area contributed by atoms with Crippen molar-refractivity contribution in [1.29, 1.82) is 0 Å². The smallest absolute Gasteiger partial charge is 0.305 e. The molecule has 2 aliphatic rings.